The molecule has 1 unspecified atom stereocenters. The summed E-state index contributed by atoms with van der Waals surface area (Å²) >= 11 is 0. The first-order valence-electron chi connectivity index (χ1n) is 6.28. The molecule has 1 aromatic carbocycles. The molecule has 0 saturated carbocycles. The van der Waals surface area contributed by atoms with Gasteiger partial charge in [-0.25, -0.2) is 4.39 Å². The summed E-state index contributed by atoms with van der Waals surface area (Å²) < 4.78 is 13.7. The van der Waals surface area contributed by atoms with E-state index in [1.807, 2.05) is 13.8 Å². The minimum Gasteiger partial charge on any atom is -0.384 e. The summed E-state index contributed by atoms with van der Waals surface area (Å²) in [5.41, 5.74) is 0.619. The number of amides is 1. The second kappa shape index (κ2) is 7.55. The molecular weight excluding hydrogens is 245 g/mol. The van der Waals surface area contributed by atoms with Gasteiger partial charge in [0.15, 0.2) is 0 Å². The first-order chi connectivity index (χ1) is 9.08. The molecule has 1 rings (SSSR count). The predicted molar refractivity (Wildman–Crippen MR) is 73.1 cm³/mol. The normalized spacial score (nSPS) is 11.4. The second-order valence-corrected chi connectivity index (χ2v) is 4.33. The summed E-state index contributed by atoms with van der Waals surface area (Å²) in [5, 5.41) is 11.1. The maximum absolute atomic E-state index is 13.7. The highest BCUT2D eigenvalue weighted by Gasteiger charge is 2.13. The minimum atomic E-state index is -0.526. The van der Waals surface area contributed by atoms with Gasteiger partial charge in [-0.3, -0.25) is 4.79 Å². The van der Waals surface area contributed by atoms with Gasteiger partial charge in [-0.05, 0) is 24.6 Å². The number of aliphatic hydroxyl groups is 1. The monoisotopic (exact) mass is 263 g/mol. The number of anilines is 1. The average Bonchev–Trinajstić information content (AvgIpc) is 2.39. The highest BCUT2D eigenvalue weighted by molar-refractivity contribution is 5.92. The Morgan fingerprint density at radius 1 is 1.53 bits per heavy atom. The minimum absolute atomic E-state index is 0.141. The fourth-order valence-electron chi connectivity index (χ4n) is 1.66. The van der Waals surface area contributed by atoms with Crippen molar-refractivity contribution in [2.45, 2.75) is 26.7 Å². The van der Waals surface area contributed by atoms with Crippen molar-refractivity contribution in [2.75, 3.05) is 11.9 Å². The van der Waals surface area contributed by atoms with Crippen LogP contribution in [0.25, 0.3) is 0 Å². The van der Waals surface area contributed by atoms with Gasteiger partial charge in [0.1, 0.15) is 12.4 Å². The zero-order valence-corrected chi connectivity index (χ0v) is 11.2. The van der Waals surface area contributed by atoms with Crippen LogP contribution in [0.3, 0.4) is 0 Å². The number of halogens is 1. The number of hydrogen-bond donors (Lipinski definition) is 2. The van der Waals surface area contributed by atoms with Gasteiger partial charge in [0.2, 0.25) is 5.91 Å². The molecule has 4 heteroatoms. The summed E-state index contributed by atoms with van der Waals surface area (Å²) in [5.74, 6) is 4.19. The second-order valence-electron chi connectivity index (χ2n) is 4.33. The Morgan fingerprint density at radius 2 is 2.26 bits per heavy atom. The first-order valence-corrected chi connectivity index (χ1v) is 6.28. The number of aliphatic hydroxyl groups excluding tert-OH is 1. The van der Waals surface area contributed by atoms with E-state index >= 15 is 0 Å². The van der Waals surface area contributed by atoms with Gasteiger partial charge in [0.25, 0.3) is 0 Å². The summed E-state index contributed by atoms with van der Waals surface area (Å²) in [4.78, 5) is 11.8. The van der Waals surface area contributed by atoms with Crippen LogP contribution in [-0.4, -0.2) is 17.6 Å². The molecule has 0 spiro atoms. The van der Waals surface area contributed by atoms with E-state index in [9.17, 15) is 9.18 Å². The fourth-order valence-corrected chi connectivity index (χ4v) is 1.66. The van der Waals surface area contributed by atoms with Crippen molar-refractivity contribution in [2.24, 2.45) is 5.92 Å². The average molecular weight is 263 g/mol. The van der Waals surface area contributed by atoms with Crippen LogP contribution in [0.4, 0.5) is 10.1 Å². The van der Waals surface area contributed by atoms with Crippen molar-refractivity contribution < 1.29 is 14.3 Å². The highest BCUT2D eigenvalue weighted by atomic mass is 19.1. The van der Waals surface area contributed by atoms with Crippen molar-refractivity contribution in [3.63, 3.8) is 0 Å². The van der Waals surface area contributed by atoms with Crippen LogP contribution < -0.4 is 5.32 Å². The van der Waals surface area contributed by atoms with E-state index in [0.717, 1.165) is 12.8 Å². The zero-order valence-electron chi connectivity index (χ0n) is 11.2. The van der Waals surface area contributed by atoms with E-state index < -0.39 is 5.82 Å². The Hall–Kier alpha value is -1.86. The molecule has 1 atom stereocenters. The maximum Gasteiger partial charge on any atom is 0.227 e. The molecule has 1 aromatic rings. The summed E-state index contributed by atoms with van der Waals surface area (Å²) in [6.07, 6.45) is 1.68. The number of hydrogen-bond acceptors (Lipinski definition) is 2. The Bertz CT molecular complexity index is 503. The lowest BCUT2D eigenvalue weighted by atomic mass is 10.1. The molecule has 19 heavy (non-hydrogen) atoms. The SMILES string of the molecule is CCCC(C)C(=O)Nc1ccc(C#CCO)cc1F. The van der Waals surface area contributed by atoms with Crippen LogP contribution in [0.2, 0.25) is 0 Å². The summed E-state index contributed by atoms with van der Waals surface area (Å²) in [6.45, 7) is 3.55. The highest BCUT2D eigenvalue weighted by Crippen LogP contribution is 2.17. The van der Waals surface area contributed by atoms with Gasteiger partial charge >= 0.3 is 0 Å². The van der Waals surface area contributed by atoms with Crippen molar-refractivity contribution in [1.82, 2.24) is 0 Å². The van der Waals surface area contributed by atoms with Crippen molar-refractivity contribution >= 4 is 11.6 Å². The Labute approximate surface area is 112 Å². The summed E-state index contributed by atoms with van der Waals surface area (Å²) in [7, 11) is 0. The molecule has 3 nitrogen and oxygen atoms in total. The molecular formula is C15H18FNO2. The fraction of sp³-hybridized carbons (Fsp3) is 0.400. The lowest BCUT2D eigenvalue weighted by Gasteiger charge is -2.11. The molecule has 0 aromatic heterocycles. The summed E-state index contributed by atoms with van der Waals surface area (Å²) in [6, 6.07) is 4.32. The van der Waals surface area contributed by atoms with E-state index in [1.165, 1.54) is 12.1 Å². The lowest BCUT2D eigenvalue weighted by molar-refractivity contribution is -0.119. The van der Waals surface area contributed by atoms with Crippen LogP contribution in [0.1, 0.15) is 32.3 Å². The third-order valence-corrected chi connectivity index (χ3v) is 2.71. The third-order valence-electron chi connectivity index (χ3n) is 2.71. The number of nitrogens with one attached hydrogen (secondary N) is 1. The standard InChI is InChI=1S/C15H18FNO2/c1-3-5-11(2)15(19)17-14-8-7-12(6-4-9-18)10-13(14)16/h7-8,10-11,18H,3,5,9H2,1-2H3,(H,17,19). The lowest BCUT2D eigenvalue weighted by Crippen LogP contribution is -2.20. The van der Waals surface area contributed by atoms with E-state index in [2.05, 4.69) is 17.2 Å². The molecule has 0 aliphatic heterocycles. The zero-order chi connectivity index (χ0) is 14.3. The van der Waals surface area contributed by atoms with Crippen LogP contribution in [0.15, 0.2) is 18.2 Å². The molecule has 2 N–H and O–H groups in total. The van der Waals surface area contributed by atoms with Gasteiger partial charge in [-0.2, -0.15) is 0 Å². The van der Waals surface area contributed by atoms with Crippen molar-refractivity contribution in [3.8, 4) is 11.8 Å². The van der Waals surface area contributed by atoms with Crippen LogP contribution in [-0.2, 0) is 4.79 Å². The van der Waals surface area contributed by atoms with Gasteiger partial charge in [-0.15, -0.1) is 0 Å². The Kier molecular flexibility index (Phi) is 6.04. The number of carbonyl (C=O) groups is 1. The van der Waals surface area contributed by atoms with E-state index in [-0.39, 0.29) is 24.1 Å². The predicted octanol–water partition coefficient (Wildman–Crippen LogP) is 2.54. The molecule has 0 aliphatic rings. The van der Waals surface area contributed by atoms with Gasteiger partial charge in [0, 0.05) is 11.5 Å². The van der Waals surface area contributed by atoms with Crippen molar-refractivity contribution in [1.29, 1.82) is 0 Å². The molecule has 1 amide bonds. The van der Waals surface area contributed by atoms with Gasteiger partial charge < -0.3 is 10.4 Å². The molecule has 0 aliphatic carbocycles. The molecule has 0 radical (unpaired) electrons. The molecule has 0 bridgehead atoms. The van der Waals surface area contributed by atoms with Crippen LogP contribution in [0.5, 0.6) is 0 Å². The molecule has 0 heterocycles. The quantitative estimate of drug-likeness (QED) is 0.820. The Morgan fingerprint density at radius 3 is 2.84 bits per heavy atom. The van der Waals surface area contributed by atoms with Crippen LogP contribution in [0, 0.1) is 23.6 Å². The number of carbonyl (C=O) groups excluding carboxylic acids is 1. The van der Waals surface area contributed by atoms with E-state index in [1.54, 1.807) is 6.07 Å². The Balaban J connectivity index is 2.77. The number of benzene rings is 1. The third kappa shape index (κ3) is 4.72. The number of rotatable bonds is 4. The first kappa shape index (κ1) is 15.2. The maximum atomic E-state index is 13.7. The molecule has 102 valence electrons. The van der Waals surface area contributed by atoms with Crippen molar-refractivity contribution in [3.05, 3.63) is 29.6 Å². The van der Waals surface area contributed by atoms with Crippen LogP contribution >= 0.6 is 0 Å². The topological polar surface area (TPSA) is 49.3 Å². The van der Waals surface area contributed by atoms with Gasteiger partial charge in [0.05, 0.1) is 5.69 Å². The smallest absolute Gasteiger partial charge is 0.227 e. The molecule has 0 fully saturated rings. The van der Waals surface area contributed by atoms with E-state index in [4.69, 9.17) is 5.11 Å². The van der Waals surface area contributed by atoms with Gasteiger partial charge in [-0.1, -0.05) is 32.1 Å². The van der Waals surface area contributed by atoms with E-state index in [0.29, 0.717) is 5.56 Å². The largest absolute Gasteiger partial charge is 0.384 e. The molecule has 0 saturated heterocycles.